The van der Waals surface area contributed by atoms with Gasteiger partial charge in [-0.3, -0.25) is 11.3 Å². The Bertz CT molecular complexity index is 433. The Kier molecular flexibility index (Phi) is 5.44. The van der Waals surface area contributed by atoms with Gasteiger partial charge in [-0.1, -0.05) is 37.5 Å². The van der Waals surface area contributed by atoms with Crippen LogP contribution in [0.3, 0.4) is 0 Å². The molecule has 2 rings (SSSR count). The van der Waals surface area contributed by atoms with Crippen molar-refractivity contribution in [1.29, 1.82) is 0 Å². The second-order valence-electron chi connectivity index (χ2n) is 6.14. The number of ether oxygens (including phenoxy) is 1. The molecule has 0 amide bonds. The number of aryl methyl sites for hydroxylation is 1. The van der Waals surface area contributed by atoms with Crippen LogP contribution in [0.2, 0.25) is 0 Å². The van der Waals surface area contributed by atoms with Crippen molar-refractivity contribution in [2.45, 2.75) is 52.0 Å². The quantitative estimate of drug-likeness (QED) is 0.619. The average Bonchev–Trinajstić information content (AvgIpc) is 2.93. The lowest BCUT2D eigenvalue weighted by molar-refractivity contribution is 0.341. The Morgan fingerprint density at radius 2 is 2.20 bits per heavy atom. The standard InChI is InChI=1S/C17H28N2O/c1-4-13-6-7-14(10-13)16(19-18)11-15-9-12(2)5-8-17(15)20-3/h5,8-9,13-14,16,19H,4,6-7,10-11,18H2,1-3H3. The molecular weight excluding hydrogens is 248 g/mol. The third-order valence-electron chi connectivity index (χ3n) is 4.82. The summed E-state index contributed by atoms with van der Waals surface area (Å²) >= 11 is 0. The predicted molar refractivity (Wildman–Crippen MR) is 83.7 cm³/mol. The first-order chi connectivity index (χ1) is 9.67. The van der Waals surface area contributed by atoms with Crippen LogP contribution in [-0.4, -0.2) is 13.2 Å². The highest BCUT2D eigenvalue weighted by Crippen LogP contribution is 2.36. The Labute approximate surface area is 122 Å². The van der Waals surface area contributed by atoms with Gasteiger partial charge in [0.15, 0.2) is 0 Å². The molecule has 0 aliphatic heterocycles. The molecule has 1 aliphatic carbocycles. The SMILES string of the molecule is CCC1CCC(C(Cc2cc(C)ccc2OC)NN)C1. The molecule has 112 valence electrons. The van der Waals surface area contributed by atoms with Crippen molar-refractivity contribution in [2.75, 3.05) is 7.11 Å². The van der Waals surface area contributed by atoms with Gasteiger partial charge in [0.05, 0.1) is 7.11 Å². The summed E-state index contributed by atoms with van der Waals surface area (Å²) in [5.74, 6) is 8.37. The van der Waals surface area contributed by atoms with Gasteiger partial charge in [-0.2, -0.15) is 0 Å². The number of hydrazine groups is 1. The molecule has 1 saturated carbocycles. The molecule has 3 unspecified atom stereocenters. The van der Waals surface area contributed by atoms with Crippen LogP contribution in [0.5, 0.6) is 5.75 Å². The Morgan fingerprint density at radius 1 is 1.40 bits per heavy atom. The first kappa shape index (κ1) is 15.3. The third-order valence-corrected chi connectivity index (χ3v) is 4.82. The van der Waals surface area contributed by atoms with Crippen LogP contribution in [0.4, 0.5) is 0 Å². The number of benzene rings is 1. The van der Waals surface area contributed by atoms with E-state index >= 15 is 0 Å². The smallest absolute Gasteiger partial charge is 0.122 e. The van der Waals surface area contributed by atoms with Crippen molar-refractivity contribution >= 4 is 0 Å². The van der Waals surface area contributed by atoms with E-state index in [2.05, 4.69) is 37.5 Å². The minimum absolute atomic E-state index is 0.349. The van der Waals surface area contributed by atoms with Gasteiger partial charge >= 0.3 is 0 Å². The van der Waals surface area contributed by atoms with Gasteiger partial charge in [0, 0.05) is 6.04 Å². The van der Waals surface area contributed by atoms with E-state index in [1.165, 1.54) is 36.8 Å². The highest BCUT2D eigenvalue weighted by atomic mass is 16.5. The minimum atomic E-state index is 0.349. The molecule has 0 spiro atoms. The fraction of sp³-hybridized carbons (Fsp3) is 0.647. The van der Waals surface area contributed by atoms with Crippen LogP contribution < -0.4 is 16.0 Å². The van der Waals surface area contributed by atoms with Crippen LogP contribution in [0.25, 0.3) is 0 Å². The van der Waals surface area contributed by atoms with Crippen molar-refractivity contribution in [3.8, 4) is 5.75 Å². The summed E-state index contributed by atoms with van der Waals surface area (Å²) in [6, 6.07) is 6.72. The van der Waals surface area contributed by atoms with E-state index in [1.54, 1.807) is 7.11 Å². The molecule has 0 bridgehead atoms. The number of rotatable bonds is 6. The van der Waals surface area contributed by atoms with Crippen molar-refractivity contribution < 1.29 is 4.74 Å². The highest BCUT2D eigenvalue weighted by Gasteiger charge is 2.30. The number of nitrogens with one attached hydrogen (secondary N) is 1. The summed E-state index contributed by atoms with van der Waals surface area (Å²) in [7, 11) is 1.74. The lowest BCUT2D eigenvalue weighted by atomic mass is 9.90. The van der Waals surface area contributed by atoms with Crippen molar-refractivity contribution in [3.05, 3.63) is 29.3 Å². The van der Waals surface area contributed by atoms with E-state index in [0.29, 0.717) is 12.0 Å². The molecule has 1 aromatic rings. The maximum atomic E-state index is 5.83. The molecule has 3 atom stereocenters. The predicted octanol–water partition coefficient (Wildman–Crippen LogP) is 3.20. The molecule has 0 saturated heterocycles. The Morgan fingerprint density at radius 3 is 2.80 bits per heavy atom. The van der Waals surface area contributed by atoms with Gasteiger partial charge in [0.1, 0.15) is 5.75 Å². The topological polar surface area (TPSA) is 47.3 Å². The van der Waals surface area contributed by atoms with E-state index in [1.807, 2.05) is 0 Å². The summed E-state index contributed by atoms with van der Waals surface area (Å²) in [4.78, 5) is 0. The Hall–Kier alpha value is -1.06. The molecule has 0 radical (unpaired) electrons. The maximum Gasteiger partial charge on any atom is 0.122 e. The highest BCUT2D eigenvalue weighted by molar-refractivity contribution is 5.37. The van der Waals surface area contributed by atoms with Crippen LogP contribution in [0, 0.1) is 18.8 Å². The first-order valence-corrected chi connectivity index (χ1v) is 7.77. The van der Waals surface area contributed by atoms with E-state index in [-0.39, 0.29) is 0 Å². The molecule has 1 aliphatic rings. The fourth-order valence-corrected chi connectivity index (χ4v) is 3.52. The van der Waals surface area contributed by atoms with E-state index in [0.717, 1.165) is 18.1 Å². The molecule has 3 N–H and O–H groups in total. The molecule has 0 heterocycles. The van der Waals surface area contributed by atoms with Crippen LogP contribution >= 0.6 is 0 Å². The zero-order chi connectivity index (χ0) is 14.5. The molecule has 20 heavy (non-hydrogen) atoms. The van der Waals surface area contributed by atoms with Crippen LogP contribution in [0.1, 0.15) is 43.7 Å². The lowest BCUT2D eigenvalue weighted by Crippen LogP contribution is -2.41. The minimum Gasteiger partial charge on any atom is -0.496 e. The molecule has 3 nitrogen and oxygen atoms in total. The van der Waals surface area contributed by atoms with Gasteiger partial charge in [0.2, 0.25) is 0 Å². The summed E-state index contributed by atoms with van der Waals surface area (Å²) < 4.78 is 5.48. The fourth-order valence-electron chi connectivity index (χ4n) is 3.52. The monoisotopic (exact) mass is 276 g/mol. The molecular formula is C17H28N2O. The summed E-state index contributed by atoms with van der Waals surface area (Å²) in [5, 5.41) is 0. The second kappa shape index (κ2) is 7.09. The average molecular weight is 276 g/mol. The zero-order valence-electron chi connectivity index (χ0n) is 13.0. The number of hydrogen-bond acceptors (Lipinski definition) is 3. The molecule has 1 fully saturated rings. The second-order valence-corrected chi connectivity index (χ2v) is 6.14. The molecule has 1 aromatic carbocycles. The normalized spacial score (nSPS) is 23.8. The maximum absolute atomic E-state index is 5.83. The van der Waals surface area contributed by atoms with Gasteiger partial charge in [0.25, 0.3) is 0 Å². The van der Waals surface area contributed by atoms with Crippen LogP contribution in [0.15, 0.2) is 18.2 Å². The number of nitrogens with two attached hydrogens (primary N) is 1. The third kappa shape index (κ3) is 3.53. The number of methoxy groups -OCH3 is 1. The first-order valence-electron chi connectivity index (χ1n) is 7.77. The van der Waals surface area contributed by atoms with Gasteiger partial charge in [-0.05, 0) is 49.7 Å². The molecule has 0 aromatic heterocycles. The van der Waals surface area contributed by atoms with Gasteiger partial charge in [-0.25, -0.2) is 0 Å². The van der Waals surface area contributed by atoms with E-state index in [9.17, 15) is 0 Å². The largest absolute Gasteiger partial charge is 0.496 e. The van der Waals surface area contributed by atoms with Crippen molar-refractivity contribution in [2.24, 2.45) is 17.7 Å². The summed E-state index contributed by atoms with van der Waals surface area (Å²) in [6.07, 6.45) is 6.19. The van der Waals surface area contributed by atoms with Crippen molar-refractivity contribution in [1.82, 2.24) is 5.43 Å². The van der Waals surface area contributed by atoms with Gasteiger partial charge in [-0.15, -0.1) is 0 Å². The lowest BCUT2D eigenvalue weighted by Gasteiger charge is -2.24. The van der Waals surface area contributed by atoms with Crippen molar-refractivity contribution in [3.63, 3.8) is 0 Å². The summed E-state index contributed by atoms with van der Waals surface area (Å²) in [5.41, 5.74) is 5.58. The van der Waals surface area contributed by atoms with Crippen LogP contribution in [-0.2, 0) is 6.42 Å². The molecule has 3 heteroatoms. The summed E-state index contributed by atoms with van der Waals surface area (Å²) in [6.45, 7) is 4.41. The Balaban J connectivity index is 2.08. The zero-order valence-corrected chi connectivity index (χ0v) is 13.0. The number of hydrogen-bond donors (Lipinski definition) is 2. The van der Waals surface area contributed by atoms with Gasteiger partial charge < -0.3 is 4.74 Å². The van der Waals surface area contributed by atoms with E-state index in [4.69, 9.17) is 10.6 Å². The van der Waals surface area contributed by atoms with E-state index < -0.39 is 0 Å².